The maximum Gasteiger partial charge on any atom is 0.214 e. The zero-order valence-corrected chi connectivity index (χ0v) is 11.0. The highest BCUT2D eigenvalue weighted by Gasteiger charge is 2.38. The summed E-state index contributed by atoms with van der Waals surface area (Å²) < 4.78 is 25.1. The predicted molar refractivity (Wildman–Crippen MR) is 63.5 cm³/mol. The van der Waals surface area contributed by atoms with Gasteiger partial charge in [-0.3, -0.25) is 0 Å². The first-order valence-electron chi connectivity index (χ1n) is 5.05. The summed E-state index contributed by atoms with van der Waals surface area (Å²) in [5.41, 5.74) is 0. The molecule has 0 saturated carbocycles. The maximum absolute atomic E-state index is 11.8. The van der Waals surface area contributed by atoms with E-state index in [0.717, 1.165) is 0 Å². The summed E-state index contributed by atoms with van der Waals surface area (Å²) in [6, 6.07) is -0.125. The van der Waals surface area contributed by atoms with E-state index in [4.69, 9.17) is 5.11 Å². The highest BCUT2D eigenvalue weighted by molar-refractivity contribution is 7.99. The molecule has 1 heterocycles. The molecule has 1 fully saturated rings. The van der Waals surface area contributed by atoms with Crippen LogP contribution in [0, 0.1) is 5.92 Å². The van der Waals surface area contributed by atoms with Crippen LogP contribution in [-0.2, 0) is 10.0 Å². The third-order valence-electron chi connectivity index (χ3n) is 2.82. The zero-order chi connectivity index (χ0) is 11.6. The van der Waals surface area contributed by atoms with Gasteiger partial charge in [-0.2, -0.15) is 16.1 Å². The van der Waals surface area contributed by atoms with E-state index in [1.807, 2.05) is 20.1 Å². The van der Waals surface area contributed by atoms with E-state index in [1.54, 1.807) is 0 Å². The fourth-order valence-electron chi connectivity index (χ4n) is 1.96. The lowest BCUT2D eigenvalue weighted by atomic mass is 10.2. The number of hydrogen-bond acceptors (Lipinski definition) is 4. The normalized spacial score (nSPS) is 30.3. The van der Waals surface area contributed by atoms with E-state index < -0.39 is 10.0 Å². The van der Waals surface area contributed by atoms with Crippen LogP contribution in [0.3, 0.4) is 0 Å². The number of aliphatic hydroxyl groups excluding tert-OH is 1. The van der Waals surface area contributed by atoms with Crippen molar-refractivity contribution in [3.05, 3.63) is 0 Å². The Kier molecular flexibility index (Phi) is 4.46. The van der Waals surface area contributed by atoms with Gasteiger partial charge >= 0.3 is 0 Å². The number of thioether (sulfide) groups is 1. The summed E-state index contributed by atoms with van der Waals surface area (Å²) in [6.45, 7) is 4.41. The van der Waals surface area contributed by atoms with Gasteiger partial charge < -0.3 is 5.11 Å². The standard InChI is InChI=1S/C9H19NO3S2/c1-7-4-10(15(12,13)6-7)8(2)9(5-11)14-3/h7-9,11H,4-6H2,1-3H3. The highest BCUT2D eigenvalue weighted by Crippen LogP contribution is 2.26. The van der Waals surface area contributed by atoms with Gasteiger partial charge in [0.1, 0.15) is 0 Å². The maximum atomic E-state index is 11.8. The van der Waals surface area contributed by atoms with Crippen molar-refractivity contribution in [3.63, 3.8) is 0 Å². The van der Waals surface area contributed by atoms with Crippen molar-refractivity contribution in [1.29, 1.82) is 0 Å². The minimum Gasteiger partial charge on any atom is -0.395 e. The summed E-state index contributed by atoms with van der Waals surface area (Å²) in [5, 5.41) is 9.11. The van der Waals surface area contributed by atoms with Crippen LogP contribution in [0.25, 0.3) is 0 Å². The van der Waals surface area contributed by atoms with Gasteiger partial charge in [0.15, 0.2) is 0 Å². The third kappa shape index (κ3) is 2.87. The van der Waals surface area contributed by atoms with Crippen molar-refractivity contribution in [2.24, 2.45) is 5.92 Å². The average molecular weight is 253 g/mol. The lowest BCUT2D eigenvalue weighted by Gasteiger charge is -2.28. The summed E-state index contributed by atoms with van der Waals surface area (Å²) in [7, 11) is -3.09. The van der Waals surface area contributed by atoms with Gasteiger partial charge in [0, 0.05) is 17.8 Å². The van der Waals surface area contributed by atoms with Crippen molar-refractivity contribution >= 4 is 21.8 Å². The molecule has 1 aliphatic heterocycles. The molecule has 0 bridgehead atoms. The molecule has 0 aromatic rings. The molecular formula is C9H19NO3S2. The smallest absolute Gasteiger partial charge is 0.214 e. The van der Waals surface area contributed by atoms with E-state index in [2.05, 4.69) is 0 Å². The van der Waals surface area contributed by atoms with Crippen LogP contribution >= 0.6 is 11.8 Å². The zero-order valence-electron chi connectivity index (χ0n) is 9.38. The van der Waals surface area contributed by atoms with Crippen LogP contribution in [-0.4, -0.2) is 54.3 Å². The average Bonchev–Trinajstić information content (AvgIpc) is 2.41. The number of nitrogens with zero attached hydrogens (tertiary/aromatic N) is 1. The molecule has 0 amide bonds. The Hall–Kier alpha value is 0.220. The fraction of sp³-hybridized carbons (Fsp3) is 1.00. The summed E-state index contributed by atoms with van der Waals surface area (Å²) in [4.78, 5) is 0. The second-order valence-corrected chi connectivity index (χ2v) is 7.19. The number of hydrogen-bond donors (Lipinski definition) is 1. The second kappa shape index (κ2) is 5.03. The molecule has 1 saturated heterocycles. The van der Waals surface area contributed by atoms with Gasteiger partial charge in [-0.1, -0.05) is 6.92 Å². The summed E-state index contributed by atoms with van der Waals surface area (Å²) in [6.07, 6.45) is 1.89. The molecule has 3 unspecified atom stereocenters. The van der Waals surface area contributed by atoms with Crippen molar-refractivity contribution in [3.8, 4) is 0 Å². The molecule has 0 aromatic carbocycles. The Balaban J connectivity index is 2.79. The SMILES string of the molecule is CSC(CO)C(C)N1CC(C)CS1(=O)=O. The van der Waals surface area contributed by atoms with E-state index in [0.29, 0.717) is 6.54 Å². The molecule has 1 aliphatic rings. The van der Waals surface area contributed by atoms with E-state index in [1.165, 1.54) is 16.1 Å². The van der Waals surface area contributed by atoms with Crippen molar-refractivity contribution in [1.82, 2.24) is 4.31 Å². The first kappa shape index (κ1) is 13.3. The largest absolute Gasteiger partial charge is 0.395 e. The molecule has 1 N–H and O–H groups in total. The molecule has 3 atom stereocenters. The molecule has 15 heavy (non-hydrogen) atoms. The van der Waals surface area contributed by atoms with Crippen molar-refractivity contribution in [2.45, 2.75) is 25.1 Å². The van der Waals surface area contributed by atoms with Gasteiger partial charge in [-0.05, 0) is 19.1 Å². The molecule has 0 aliphatic carbocycles. The van der Waals surface area contributed by atoms with Gasteiger partial charge in [-0.15, -0.1) is 0 Å². The minimum atomic E-state index is -3.09. The van der Waals surface area contributed by atoms with Crippen molar-refractivity contribution < 1.29 is 13.5 Å². The third-order valence-corrected chi connectivity index (χ3v) is 6.15. The van der Waals surface area contributed by atoms with Gasteiger partial charge in [0.2, 0.25) is 10.0 Å². The first-order chi connectivity index (χ1) is 6.92. The predicted octanol–water partition coefficient (Wildman–Crippen LogP) is 0.380. The lowest BCUT2D eigenvalue weighted by molar-refractivity contribution is 0.242. The van der Waals surface area contributed by atoms with E-state index in [-0.39, 0.29) is 29.6 Å². The molecule has 1 rings (SSSR count). The van der Waals surface area contributed by atoms with Gasteiger partial charge in [-0.25, -0.2) is 8.42 Å². The topological polar surface area (TPSA) is 57.6 Å². The van der Waals surface area contributed by atoms with Crippen LogP contribution in [0.1, 0.15) is 13.8 Å². The summed E-state index contributed by atoms with van der Waals surface area (Å²) in [5.74, 6) is 0.433. The molecule has 4 nitrogen and oxygen atoms in total. The molecule has 0 aromatic heterocycles. The molecule has 6 heteroatoms. The monoisotopic (exact) mass is 253 g/mol. The molecule has 0 radical (unpaired) electrons. The van der Waals surface area contributed by atoms with Crippen LogP contribution in [0.5, 0.6) is 0 Å². The molecule has 0 spiro atoms. The molecular weight excluding hydrogens is 234 g/mol. The Morgan fingerprint density at radius 1 is 1.60 bits per heavy atom. The highest BCUT2D eigenvalue weighted by atomic mass is 32.2. The van der Waals surface area contributed by atoms with Crippen LogP contribution < -0.4 is 0 Å². The van der Waals surface area contributed by atoms with Crippen LogP contribution in [0.2, 0.25) is 0 Å². The Labute approximate surface area is 96.1 Å². The minimum absolute atomic E-state index is 0.0166. The first-order valence-corrected chi connectivity index (χ1v) is 7.95. The van der Waals surface area contributed by atoms with Gasteiger partial charge in [0.25, 0.3) is 0 Å². The fourth-order valence-corrected chi connectivity index (χ4v) is 4.88. The number of rotatable bonds is 4. The summed E-state index contributed by atoms with van der Waals surface area (Å²) >= 11 is 1.51. The quantitative estimate of drug-likeness (QED) is 0.787. The second-order valence-electron chi connectivity index (χ2n) is 4.15. The van der Waals surface area contributed by atoms with Crippen LogP contribution in [0.15, 0.2) is 0 Å². The number of sulfonamides is 1. The Bertz CT molecular complexity index is 300. The Morgan fingerprint density at radius 3 is 2.53 bits per heavy atom. The van der Waals surface area contributed by atoms with Crippen molar-refractivity contribution in [2.75, 3.05) is 25.2 Å². The van der Waals surface area contributed by atoms with E-state index >= 15 is 0 Å². The van der Waals surface area contributed by atoms with Crippen LogP contribution in [0.4, 0.5) is 0 Å². The van der Waals surface area contributed by atoms with Gasteiger partial charge in [0.05, 0.1) is 12.4 Å². The number of aliphatic hydroxyl groups is 1. The molecule has 90 valence electrons. The van der Waals surface area contributed by atoms with E-state index in [9.17, 15) is 8.42 Å². The lowest BCUT2D eigenvalue weighted by Crippen LogP contribution is -2.42. The Morgan fingerprint density at radius 2 is 2.20 bits per heavy atom.